The first-order valence-electron chi connectivity index (χ1n) is 3.41. The minimum absolute atomic E-state index is 0.244. The Morgan fingerprint density at radius 3 is 3.00 bits per heavy atom. The fraction of sp³-hybridized carbons (Fsp3) is 0.667. The van der Waals surface area contributed by atoms with Gasteiger partial charge in [-0.2, -0.15) is 0 Å². The monoisotopic (exact) mass is 174 g/mol. The van der Waals surface area contributed by atoms with E-state index >= 15 is 0 Å². The van der Waals surface area contributed by atoms with E-state index in [4.69, 9.17) is 11.6 Å². The number of alkyl halides is 1. The van der Waals surface area contributed by atoms with E-state index in [0.29, 0.717) is 5.88 Å². The van der Waals surface area contributed by atoms with Crippen LogP contribution in [-0.2, 0) is 7.05 Å². The van der Waals surface area contributed by atoms with Crippen LogP contribution in [0.1, 0.15) is 6.92 Å². The van der Waals surface area contributed by atoms with E-state index in [1.54, 1.807) is 10.9 Å². The van der Waals surface area contributed by atoms with Crippen molar-refractivity contribution in [2.24, 2.45) is 7.05 Å². The number of aryl methyl sites for hydroxylation is 1. The van der Waals surface area contributed by atoms with Crippen molar-refractivity contribution in [2.75, 3.05) is 11.2 Å². The molecule has 1 rings (SSSR count). The molecule has 11 heavy (non-hydrogen) atoms. The van der Waals surface area contributed by atoms with Gasteiger partial charge in [-0.15, -0.1) is 16.7 Å². The maximum Gasteiger partial charge on any atom is 0.144 e. The Kier molecular flexibility index (Phi) is 2.70. The molecule has 5 heteroatoms. The lowest BCUT2D eigenvalue weighted by Crippen LogP contribution is -2.18. The summed E-state index contributed by atoms with van der Waals surface area (Å²) in [6.07, 6.45) is 1.67. The van der Waals surface area contributed by atoms with Crippen molar-refractivity contribution in [2.45, 2.75) is 13.0 Å². The minimum atomic E-state index is 0.244. The Hall–Kier alpha value is -0.770. The van der Waals surface area contributed by atoms with Crippen LogP contribution in [0.25, 0.3) is 0 Å². The highest BCUT2D eigenvalue weighted by Gasteiger charge is 2.02. The highest BCUT2D eigenvalue weighted by molar-refractivity contribution is 6.18. The van der Waals surface area contributed by atoms with E-state index in [1.165, 1.54) is 0 Å². The lowest BCUT2D eigenvalue weighted by atomic mass is 10.4. The molecule has 0 aromatic carbocycles. The lowest BCUT2D eigenvalue weighted by molar-refractivity contribution is 0.710. The predicted molar refractivity (Wildman–Crippen MR) is 44.8 cm³/mol. The van der Waals surface area contributed by atoms with Gasteiger partial charge >= 0.3 is 0 Å². The molecule has 0 saturated carbocycles. The fourth-order valence-corrected chi connectivity index (χ4v) is 0.789. The first-order valence-corrected chi connectivity index (χ1v) is 3.94. The summed E-state index contributed by atoms with van der Waals surface area (Å²) in [5.74, 6) is 1.46. The molecule has 0 bridgehead atoms. The zero-order valence-corrected chi connectivity index (χ0v) is 7.34. The second-order valence-corrected chi connectivity index (χ2v) is 2.75. The van der Waals surface area contributed by atoms with Crippen LogP contribution in [0.4, 0.5) is 5.82 Å². The number of anilines is 1. The first-order chi connectivity index (χ1) is 5.24. The Morgan fingerprint density at radius 2 is 2.55 bits per heavy atom. The fourth-order valence-electron chi connectivity index (χ4n) is 0.711. The molecule has 0 aliphatic carbocycles. The maximum absolute atomic E-state index is 5.61. The van der Waals surface area contributed by atoms with E-state index in [2.05, 4.69) is 15.6 Å². The molecule has 1 aromatic heterocycles. The number of hydrogen-bond donors (Lipinski definition) is 1. The van der Waals surface area contributed by atoms with Gasteiger partial charge in [-0.3, -0.25) is 0 Å². The third-order valence-corrected chi connectivity index (χ3v) is 1.80. The van der Waals surface area contributed by atoms with Crippen LogP contribution in [0, 0.1) is 0 Å². The van der Waals surface area contributed by atoms with Gasteiger partial charge in [0.25, 0.3) is 0 Å². The van der Waals surface area contributed by atoms with Crippen molar-refractivity contribution in [3.05, 3.63) is 6.20 Å². The van der Waals surface area contributed by atoms with Crippen LogP contribution < -0.4 is 5.32 Å². The quantitative estimate of drug-likeness (QED) is 0.692. The van der Waals surface area contributed by atoms with Crippen molar-refractivity contribution in [3.8, 4) is 0 Å². The molecule has 0 radical (unpaired) electrons. The van der Waals surface area contributed by atoms with Crippen molar-refractivity contribution in [1.82, 2.24) is 15.0 Å². The van der Waals surface area contributed by atoms with E-state index in [1.807, 2.05) is 14.0 Å². The highest BCUT2D eigenvalue weighted by Crippen LogP contribution is 2.03. The molecule has 62 valence electrons. The number of nitrogens with one attached hydrogen (secondary N) is 1. The van der Waals surface area contributed by atoms with E-state index < -0.39 is 0 Å². The number of halogens is 1. The molecule has 1 aromatic rings. The van der Waals surface area contributed by atoms with Gasteiger partial charge in [-0.05, 0) is 6.92 Å². The molecule has 0 spiro atoms. The number of nitrogens with zero attached hydrogens (tertiary/aromatic N) is 3. The summed E-state index contributed by atoms with van der Waals surface area (Å²) >= 11 is 5.61. The second-order valence-electron chi connectivity index (χ2n) is 2.44. The molecule has 1 heterocycles. The van der Waals surface area contributed by atoms with Gasteiger partial charge in [0.2, 0.25) is 0 Å². The van der Waals surface area contributed by atoms with Gasteiger partial charge in [0.1, 0.15) is 5.82 Å². The molecule has 1 unspecified atom stereocenters. The van der Waals surface area contributed by atoms with Gasteiger partial charge in [0, 0.05) is 19.0 Å². The summed E-state index contributed by atoms with van der Waals surface area (Å²) in [6.45, 7) is 2.00. The van der Waals surface area contributed by atoms with Crippen LogP contribution >= 0.6 is 11.6 Å². The van der Waals surface area contributed by atoms with Crippen LogP contribution in [0.2, 0.25) is 0 Å². The highest BCUT2D eigenvalue weighted by atomic mass is 35.5. The first kappa shape index (κ1) is 8.33. The minimum Gasteiger partial charge on any atom is -0.365 e. The maximum atomic E-state index is 5.61. The molecule has 0 aliphatic rings. The molecular formula is C6H11ClN4. The zero-order chi connectivity index (χ0) is 8.27. The summed E-state index contributed by atoms with van der Waals surface area (Å²) in [5.41, 5.74) is 0. The van der Waals surface area contributed by atoms with Crippen LogP contribution in [0.3, 0.4) is 0 Å². The van der Waals surface area contributed by atoms with Crippen molar-refractivity contribution in [3.63, 3.8) is 0 Å². The second kappa shape index (κ2) is 3.57. The SMILES string of the molecule is CC(CCl)Nc1cnnn1C. The van der Waals surface area contributed by atoms with Crippen molar-refractivity contribution >= 4 is 17.4 Å². The smallest absolute Gasteiger partial charge is 0.144 e. The summed E-state index contributed by atoms with van der Waals surface area (Å²) < 4.78 is 1.67. The molecule has 4 nitrogen and oxygen atoms in total. The summed E-state index contributed by atoms with van der Waals surface area (Å²) in [6, 6.07) is 0.244. The Morgan fingerprint density at radius 1 is 1.82 bits per heavy atom. The topological polar surface area (TPSA) is 42.7 Å². The summed E-state index contributed by atoms with van der Waals surface area (Å²) in [5, 5.41) is 10.6. The number of aromatic nitrogens is 3. The molecular weight excluding hydrogens is 164 g/mol. The van der Waals surface area contributed by atoms with Crippen LogP contribution in [0.5, 0.6) is 0 Å². The Labute approximate surface area is 70.5 Å². The summed E-state index contributed by atoms with van der Waals surface area (Å²) in [7, 11) is 1.83. The predicted octanol–water partition coefficient (Wildman–Crippen LogP) is 0.854. The average Bonchev–Trinajstić information content (AvgIpc) is 2.37. The Balaban J connectivity index is 2.56. The molecule has 0 amide bonds. The van der Waals surface area contributed by atoms with E-state index in [0.717, 1.165) is 5.82 Å². The van der Waals surface area contributed by atoms with Gasteiger partial charge in [0.15, 0.2) is 0 Å². The van der Waals surface area contributed by atoms with Crippen LogP contribution in [-0.4, -0.2) is 26.9 Å². The van der Waals surface area contributed by atoms with Crippen molar-refractivity contribution < 1.29 is 0 Å². The molecule has 0 aliphatic heterocycles. The normalized spacial score (nSPS) is 13.0. The lowest BCUT2D eigenvalue weighted by Gasteiger charge is -2.10. The number of rotatable bonds is 3. The average molecular weight is 175 g/mol. The Bertz CT molecular complexity index is 222. The van der Waals surface area contributed by atoms with Gasteiger partial charge in [-0.1, -0.05) is 5.21 Å². The van der Waals surface area contributed by atoms with Gasteiger partial charge in [0.05, 0.1) is 6.20 Å². The molecule has 1 atom stereocenters. The number of hydrogen-bond acceptors (Lipinski definition) is 3. The molecule has 0 fully saturated rings. The van der Waals surface area contributed by atoms with Gasteiger partial charge in [-0.25, -0.2) is 4.68 Å². The third-order valence-electron chi connectivity index (χ3n) is 1.34. The van der Waals surface area contributed by atoms with Crippen molar-refractivity contribution in [1.29, 1.82) is 0 Å². The van der Waals surface area contributed by atoms with Crippen LogP contribution in [0.15, 0.2) is 6.20 Å². The standard InChI is InChI=1S/C6H11ClN4/c1-5(3-7)9-6-4-8-10-11(6)2/h4-5,9H,3H2,1-2H3. The third kappa shape index (κ3) is 2.08. The van der Waals surface area contributed by atoms with Gasteiger partial charge < -0.3 is 5.32 Å². The molecule has 0 saturated heterocycles. The summed E-state index contributed by atoms with van der Waals surface area (Å²) in [4.78, 5) is 0. The van der Waals surface area contributed by atoms with E-state index in [-0.39, 0.29) is 6.04 Å². The molecule has 1 N–H and O–H groups in total. The zero-order valence-electron chi connectivity index (χ0n) is 6.58. The van der Waals surface area contributed by atoms with E-state index in [9.17, 15) is 0 Å². The largest absolute Gasteiger partial charge is 0.365 e.